The van der Waals surface area contributed by atoms with Crippen LogP contribution < -0.4 is 10.1 Å². The molecule has 0 aliphatic carbocycles. The molecule has 1 N–H and O–H groups in total. The Kier molecular flexibility index (Phi) is 5.76. The Hall–Kier alpha value is -2.56. The second-order valence-corrected chi connectivity index (χ2v) is 6.52. The van der Waals surface area contributed by atoms with Gasteiger partial charge in [-0.3, -0.25) is 4.79 Å². The molecule has 26 heavy (non-hydrogen) atoms. The quantitative estimate of drug-likeness (QED) is 0.627. The zero-order valence-corrected chi connectivity index (χ0v) is 15.5. The van der Waals surface area contributed by atoms with Gasteiger partial charge in [-0.15, -0.1) is 0 Å². The molecule has 132 valence electrons. The number of amides is 1. The Labute approximate surface area is 161 Å². The van der Waals surface area contributed by atoms with Crippen molar-refractivity contribution in [1.82, 2.24) is 4.98 Å². The van der Waals surface area contributed by atoms with Crippen LogP contribution in [0.2, 0.25) is 10.0 Å². The summed E-state index contributed by atoms with van der Waals surface area (Å²) in [6.45, 7) is 2.24. The van der Waals surface area contributed by atoms with Crippen LogP contribution in [0.25, 0.3) is 0 Å². The van der Waals surface area contributed by atoms with Crippen molar-refractivity contribution in [3.05, 3.63) is 87.5 Å². The average molecular weight is 387 g/mol. The maximum absolute atomic E-state index is 12.4. The fourth-order valence-corrected chi connectivity index (χ4v) is 2.60. The van der Waals surface area contributed by atoms with Gasteiger partial charge in [0.15, 0.2) is 11.6 Å². The summed E-state index contributed by atoms with van der Waals surface area (Å²) in [6, 6.07) is 16.1. The lowest BCUT2D eigenvalue weighted by molar-refractivity contribution is 0.102. The highest BCUT2D eigenvalue weighted by atomic mass is 35.5. The van der Waals surface area contributed by atoms with Crippen molar-refractivity contribution in [2.75, 3.05) is 5.32 Å². The average Bonchev–Trinajstić information content (AvgIpc) is 2.64. The van der Waals surface area contributed by atoms with Gasteiger partial charge < -0.3 is 10.1 Å². The smallest absolute Gasteiger partial charge is 0.256 e. The van der Waals surface area contributed by atoms with Gasteiger partial charge in [-0.05, 0) is 48.9 Å². The summed E-state index contributed by atoms with van der Waals surface area (Å²) in [5.74, 6) is 0.584. The number of halogens is 2. The molecule has 0 atom stereocenters. The van der Waals surface area contributed by atoms with Gasteiger partial charge in [0, 0.05) is 11.8 Å². The van der Waals surface area contributed by atoms with E-state index in [0.717, 1.165) is 11.1 Å². The van der Waals surface area contributed by atoms with Crippen molar-refractivity contribution < 1.29 is 9.53 Å². The van der Waals surface area contributed by atoms with Crippen molar-refractivity contribution in [3.8, 4) is 5.75 Å². The van der Waals surface area contributed by atoms with Gasteiger partial charge in [0.2, 0.25) is 0 Å². The molecule has 6 heteroatoms. The van der Waals surface area contributed by atoms with Crippen LogP contribution in [-0.2, 0) is 6.61 Å². The molecule has 1 heterocycles. The Morgan fingerprint density at radius 2 is 1.85 bits per heavy atom. The minimum absolute atomic E-state index is 0.247. The van der Waals surface area contributed by atoms with Crippen molar-refractivity contribution >= 4 is 34.9 Å². The van der Waals surface area contributed by atoms with Crippen LogP contribution in [-0.4, -0.2) is 10.9 Å². The summed E-state index contributed by atoms with van der Waals surface area (Å²) >= 11 is 11.9. The molecular formula is C20H16Cl2N2O2. The molecule has 0 unspecified atom stereocenters. The number of nitrogens with zero attached hydrogens (tertiary/aromatic N) is 1. The fourth-order valence-electron chi connectivity index (χ4n) is 2.28. The molecule has 0 aliphatic rings. The minimum atomic E-state index is -0.247. The van der Waals surface area contributed by atoms with Crippen molar-refractivity contribution in [1.29, 1.82) is 0 Å². The molecule has 1 amide bonds. The first-order valence-corrected chi connectivity index (χ1v) is 8.68. The monoisotopic (exact) mass is 386 g/mol. The summed E-state index contributed by atoms with van der Waals surface area (Å²) in [4.78, 5) is 16.6. The lowest BCUT2D eigenvalue weighted by Gasteiger charge is -2.12. The molecule has 0 fully saturated rings. The number of hydrogen-bond acceptors (Lipinski definition) is 3. The number of nitrogens with one attached hydrogen (secondary N) is 1. The first-order valence-electron chi connectivity index (χ1n) is 7.92. The van der Waals surface area contributed by atoms with Crippen LogP contribution >= 0.6 is 23.2 Å². The number of benzene rings is 2. The van der Waals surface area contributed by atoms with Gasteiger partial charge in [0.1, 0.15) is 6.61 Å². The third kappa shape index (κ3) is 4.54. The molecule has 0 saturated heterocycles. The predicted octanol–water partition coefficient (Wildman–Crippen LogP) is 5.53. The third-order valence-corrected chi connectivity index (χ3v) is 4.43. The highest BCUT2D eigenvalue weighted by molar-refractivity contribution is 6.42. The van der Waals surface area contributed by atoms with Crippen LogP contribution in [0.5, 0.6) is 5.75 Å². The Balaban J connectivity index is 1.72. The first kappa shape index (κ1) is 18.2. The molecule has 3 rings (SSSR count). The third-order valence-electron chi connectivity index (χ3n) is 3.69. The van der Waals surface area contributed by atoms with E-state index in [-0.39, 0.29) is 12.5 Å². The zero-order valence-electron chi connectivity index (χ0n) is 14.0. The van der Waals surface area contributed by atoms with E-state index in [0.29, 0.717) is 27.2 Å². The molecule has 2 aromatic carbocycles. The van der Waals surface area contributed by atoms with E-state index in [9.17, 15) is 4.79 Å². The number of carbonyl (C=O) groups is 1. The Morgan fingerprint density at radius 3 is 2.58 bits per heavy atom. The van der Waals surface area contributed by atoms with Crippen molar-refractivity contribution in [2.24, 2.45) is 0 Å². The Morgan fingerprint density at radius 1 is 1.08 bits per heavy atom. The number of ether oxygens (including phenoxy) is 1. The van der Waals surface area contributed by atoms with Crippen LogP contribution in [0, 0.1) is 6.92 Å². The van der Waals surface area contributed by atoms with E-state index in [1.165, 1.54) is 0 Å². The van der Waals surface area contributed by atoms with E-state index in [1.807, 2.05) is 25.1 Å². The van der Waals surface area contributed by atoms with Gasteiger partial charge in [0.25, 0.3) is 5.91 Å². The number of rotatable bonds is 5. The van der Waals surface area contributed by atoms with Gasteiger partial charge in [-0.1, -0.05) is 47.0 Å². The second kappa shape index (κ2) is 8.21. The zero-order chi connectivity index (χ0) is 18.5. The number of aryl methyl sites for hydroxylation is 1. The molecule has 0 spiro atoms. The van der Waals surface area contributed by atoms with Gasteiger partial charge in [0.05, 0.1) is 10.0 Å². The molecule has 0 saturated carbocycles. The largest absolute Gasteiger partial charge is 0.485 e. The summed E-state index contributed by atoms with van der Waals surface area (Å²) in [5.41, 5.74) is 2.50. The van der Waals surface area contributed by atoms with E-state index in [2.05, 4.69) is 10.3 Å². The Bertz CT molecular complexity index is 927. The van der Waals surface area contributed by atoms with E-state index >= 15 is 0 Å². The molecule has 1 aromatic heterocycles. The summed E-state index contributed by atoms with van der Waals surface area (Å²) in [7, 11) is 0. The highest BCUT2D eigenvalue weighted by Gasteiger charge is 2.11. The summed E-state index contributed by atoms with van der Waals surface area (Å²) in [6.07, 6.45) is 1.59. The highest BCUT2D eigenvalue weighted by Crippen LogP contribution is 2.26. The molecule has 4 nitrogen and oxygen atoms in total. The maximum Gasteiger partial charge on any atom is 0.256 e. The maximum atomic E-state index is 12.4. The van der Waals surface area contributed by atoms with Crippen molar-refractivity contribution in [3.63, 3.8) is 0 Å². The minimum Gasteiger partial charge on any atom is -0.485 e. The molecule has 3 aromatic rings. The lowest BCUT2D eigenvalue weighted by Crippen LogP contribution is -2.14. The molecule has 0 aliphatic heterocycles. The number of carbonyl (C=O) groups excluding carboxylic acids is 1. The summed E-state index contributed by atoms with van der Waals surface area (Å²) < 4.78 is 5.79. The molecule has 0 bridgehead atoms. The van der Waals surface area contributed by atoms with Crippen LogP contribution in [0.15, 0.2) is 60.8 Å². The number of anilines is 1. The fraction of sp³-hybridized carbons (Fsp3) is 0.100. The SMILES string of the molecule is Cc1ccc(C(=O)Nc2ncccc2OCc2ccc(Cl)c(Cl)c2)cc1. The van der Waals surface area contributed by atoms with Crippen LogP contribution in [0.3, 0.4) is 0 Å². The van der Waals surface area contributed by atoms with E-state index in [4.69, 9.17) is 27.9 Å². The van der Waals surface area contributed by atoms with Crippen molar-refractivity contribution in [2.45, 2.75) is 13.5 Å². The van der Waals surface area contributed by atoms with Gasteiger partial charge >= 0.3 is 0 Å². The van der Waals surface area contributed by atoms with Gasteiger partial charge in [-0.25, -0.2) is 4.98 Å². The van der Waals surface area contributed by atoms with E-state index < -0.39 is 0 Å². The first-order chi connectivity index (χ1) is 12.5. The van der Waals surface area contributed by atoms with Gasteiger partial charge in [-0.2, -0.15) is 0 Å². The predicted molar refractivity (Wildman–Crippen MR) is 104 cm³/mol. The standard InChI is InChI=1S/C20H16Cl2N2O2/c1-13-4-7-15(8-5-13)20(25)24-19-18(3-2-10-23-19)26-12-14-6-9-16(21)17(22)11-14/h2-11H,12H2,1H3,(H,23,24,25). The second-order valence-electron chi connectivity index (χ2n) is 5.71. The normalized spacial score (nSPS) is 10.4. The lowest BCUT2D eigenvalue weighted by atomic mass is 10.1. The molecular weight excluding hydrogens is 371 g/mol. The number of pyridine rings is 1. The number of aromatic nitrogens is 1. The van der Waals surface area contributed by atoms with E-state index in [1.54, 1.807) is 42.6 Å². The summed E-state index contributed by atoms with van der Waals surface area (Å²) in [5, 5.41) is 3.73. The number of hydrogen-bond donors (Lipinski definition) is 1. The van der Waals surface area contributed by atoms with Crippen LogP contribution in [0.1, 0.15) is 21.5 Å². The van der Waals surface area contributed by atoms with Crippen LogP contribution in [0.4, 0.5) is 5.82 Å². The topological polar surface area (TPSA) is 51.2 Å². The molecule has 0 radical (unpaired) electrons.